The summed E-state index contributed by atoms with van der Waals surface area (Å²) in [4.78, 5) is 11.5. The molecule has 0 bridgehead atoms. The van der Waals surface area contributed by atoms with E-state index in [4.69, 9.17) is 14.2 Å². The molecule has 1 aliphatic heterocycles. The number of esters is 1. The molecule has 1 heterocycles. The third-order valence-electron chi connectivity index (χ3n) is 2.57. The van der Waals surface area contributed by atoms with Crippen molar-refractivity contribution in [3.63, 3.8) is 0 Å². The van der Waals surface area contributed by atoms with Crippen molar-refractivity contribution in [1.29, 1.82) is 0 Å². The Morgan fingerprint density at radius 1 is 1.44 bits per heavy atom. The molecule has 0 aromatic rings. The molecular weight excluding hydrogens is 236 g/mol. The van der Waals surface area contributed by atoms with Gasteiger partial charge in [-0.3, -0.25) is 4.79 Å². The fourth-order valence-electron chi connectivity index (χ4n) is 1.76. The minimum Gasteiger partial charge on any atom is -0.460 e. The zero-order chi connectivity index (χ0) is 13.6. The van der Waals surface area contributed by atoms with Gasteiger partial charge in [-0.05, 0) is 33.6 Å². The van der Waals surface area contributed by atoms with Gasteiger partial charge in [0.2, 0.25) is 0 Å². The van der Waals surface area contributed by atoms with Gasteiger partial charge in [0.1, 0.15) is 11.7 Å². The summed E-state index contributed by atoms with van der Waals surface area (Å²) in [5, 5.41) is 9.86. The van der Waals surface area contributed by atoms with Crippen LogP contribution in [0.1, 0.15) is 40.0 Å². The van der Waals surface area contributed by atoms with Gasteiger partial charge in [-0.25, -0.2) is 0 Å². The Kier molecular flexibility index (Phi) is 6.05. The molecule has 0 spiro atoms. The molecule has 0 aromatic carbocycles. The molecule has 0 aliphatic carbocycles. The maximum atomic E-state index is 11.5. The van der Waals surface area contributed by atoms with E-state index in [1.165, 1.54) is 0 Å². The van der Waals surface area contributed by atoms with Crippen LogP contribution in [-0.4, -0.2) is 48.7 Å². The van der Waals surface area contributed by atoms with Crippen molar-refractivity contribution in [1.82, 2.24) is 0 Å². The molecular formula is C13H24O5. The zero-order valence-electron chi connectivity index (χ0n) is 11.5. The highest BCUT2D eigenvalue weighted by Gasteiger charge is 2.23. The molecule has 1 N–H and O–H groups in total. The number of aliphatic hydroxyl groups excluding tert-OH is 1. The van der Waals surface area contributed by atoms with Crippen LogP contribution >= 0.6 is 0 Å². The molecule has 0 aromatic heterocycles. The predicted molar refractivity (Wildman–Crippen MR) is 66.3 cm³/mol. The lowest BCUT2D eigenvalue weighted by Gasteiger charge is -2.27. The Hall–Kier alpha value is -0.650. The smallest absolute Gasteiger partial charge is 0.306 e. The number of rotatable bonds is 5. The van der Waals surface area contributed by atoms with Crippen molar-refractivity contribution in [2.75, 3.05) is 19.8 Å². The number of hydrogen-bond donors (Lipinski definition) is 1. The summed E-state index contributed by atoms with van der Waals surface area (Å²) in [6.45, 7) is 7.05. The number of ether oxygens (including phenoxy) is 3. The second-order valence-corrected chi connectivity index (χ2v) is 5.53. The number of carbonyl (C=O) groups excluding carboxylic acids is 1. The summed E-state index contributed by atoms with van der Waals surface area (Å²) >= 11 is 0. The zero-order valence-corrected chi connectivity index (χ0v) is 11.5. The maximum Gasteiger partial charge on any atom is 0.306 e. The summed E-state index contributed by atoms with van der Waals surface area (Å²) in [5.41, 5.74) is -0.448. The minimum atomic E-state index is -0.576. The predicted octanol–water partition coefficient (Wildman–Crippen LogP) is 1.27. The molecule has 5 heteroatoms. The van der Waals surface area contributed by atoms with E-state index in [-0.39, 0.29) is 12.1 Å². The van der Waals surface area contributed by atoms with Crippen LogP contribution in [0.2, 0.25) is 0 Å². The van der Waals surface area contributed by atoms with Gasteiger partial charge in [0.25, 0.3) is 0 Å². The Morgan fingerprint density at radius 2 is 2.17 bits per heavy atom. The van der Waals surface area contributed by atoms with Gasteiger partial charge in [0.15, 0.2) is 0 Å². The molecule has 2 atom stereocenters. The van der Waals surface area contributed by atoms with Crippen molar-refractivity contribution in [3.05, 3.63) is 0 Å². The lowest BCUT2D eigenvalue weighted by atomic mass is 10.1. The van der Waals surface area contributed by atoms with Crippen LogP contribution in [0.15, 0.2) is 0 Å². The molecule has 1 saturated heterocycles. The van der Waals surface area contributed by atoms with Gasteiger partial charge in [0, 0.05) is 6.42 Å². The summed E-state index contributed by atoms with van der Waals surface area (Å²) in [7, 11) is 0. The highest BCUT2D eigenvalue weighted by molar-refractivity contribution is 5.69. The van der Waals surface area contributed by atoms with Crippen molar-refractivity contribution < 1.29 is 24.1 Å². The molecule has 18 heavy (non-hydrogen) atoms. The van der Waals surface area contributed by atoms with E-state index < -0.39 is 11.7 Å². The van der Waals surface area contributed by atoms with E-state index in [1.807, 2.05) is 20.8 Å². The minimum absolute atomic E-state index is 0.226. The van der Waals surface area contributed by atoms with Crippen LogP contribution < -0.4 is 0 Å². The molecule has 0 saturated carbocycles. The summed E-state index contributed by atoms with van der Waals surface area (Å²) < 4.78 is 15.8. The summed E-state index contributed by atoms with van der Waals surface area (Å²) in [6.07, 6.45) is 0.593. The van der Waals surface area contributed by atoms with E-state index in [0.29, 0.717) is 39.1 Å². The van der Waals surface area contributed by atoms with Crippen LogP contribution in [0.25, 0.3) is 0 Å². The van der Waals surface area contributed by atoms with Gasteiger partial charge in [0.05, 0.1) is 25.9 Å². The highest BCUT2D eigenvalue weighted by atomic mass is 16.6. The molecule has 5 nitrogen and oxygen atoms in total. The average Bonchev–Trinajstić information content (AvgIpc) is 2.27. The quantitative estimate of drug-likeness (QED) is 0.754. The summed E-state index contributed by atoms with van der Waals surface area (Å²) in [6, 6.07) is 0. The first-order valence-electron chi connectivity index (χ1n) is 6.48. The lowest BCUT2D eigenvalue weighted by molar-refractivity contribution is -0.155. The Labute approximate surface area is 108 Å². The van der Waals surface area contributed by atoms with E-state index >= 15 is 0 Å². The van der Waals surface area contributed by atoms with E-state index in [9.17, 15) is 9.90 Å². The Morgan fingerprint density at radius 3 is 2.72 bits per heavy atom. The lowest BCUT2D eigenvalue weighted by Crippen LogP contribution is -2.38. The van der Waals surface area contributed by atoms with Crippen molar-refractivity contribution in [3.8, 4) is 0 Å². The first-order chi connectivity index (χ1) is 8.38. The monoisotopic (exact) mass is 260 g/mol. The molecule has 0 radical (unpaired) electrons. The van der Waals surface area contributed by atoms with Crippen LogP contribution in [0, 0.1) is 0 Å². The second kappa shape index (κ2) is 7.07. The fraction of sp³-hybridized carbons (Fsp3) is 0.923. The SMILES string of the molecule is CC(C)(C)OC(=O)CCCC(O)C1COCCO1. The maximum absolute atomic E-state index is 11.5. The topological polar surface area (TPSA) is 65.0 Å². The van der Waals surface area contributed by atoms with E-state index in [0.717, 1.165) is 0 Å². The molecule has 106 valence electrons. The Bertz CT molecular complexity index is 253. The normalized spacial score (nSPS) is 22.6. The van der Waals surface area contributed by atoms with E-state index in [2.05, 4.69) is 0 Å². The average molecular weight is 260 g/mol. The van der Waals surface area contributed by atoms with Gasteiger partial charge in [-0.1, -0.05) is 0 Å². The summed E-state index contributed by atoms with van der Waals surface area (Å²) in [5.74, 6) is -0.226. The largest absolute Gasteiger partial charge is 0.460 e. The van der Waals surface area contributed by atoms with Crippen LogP contribution in [0.5, 0.6) is 0 Å². The van der Waals surface area contributed by atoms with Crippen molar-refractivity contribution in [2.24, 2.45) is 0 Å². The molecule has 0 amide bonds. The van der Waals surface area contributed by atoms with E-state index in [1.54, 1.807) is 0 Å². The molecule has 1 aliphatic rings. The first kappa shape index (κ1) is 15.4. The third-order valence-corrected chi connectivity index (χ3v) is 2.57. The van der Waals surface area contributed by atoms with Gasteiger partial charge in [-0.2, -0.15) is 0 Å². The highest BCUT2D eigenvalue weighted by Crippen LogP contribution is 2.14. The number of hydrogen-bond acceptors (Lipinski definition) is 5. The fourth-order valence-corrected chi connectivity index (χ4v) is 1.76. The van der Waals surface area contributed by atoms with Crippen LogP contribution in [-0.2, 0) is 19.0 Å². The third kappa shape index (κ3) is 6.33. The number of aliphatic hydroxyl groups is 1. The Balaban J connectivity index is 2.14. The number of carbonyl (C=O) groups is 1. The van der Waals surface area contributed by atoms with Crippen molar-refractivity contribution >= 4 is 5.97 Å². The van der Waals surface area contributed by atoms with Crippen LogP contribution in [0.4, 0.5) is 0 Å². The first-order valence-corrected chi connectivity index (χ1v) is 6.48. The molecule has 2 unspecified atom stereocenters. The standard InChI is InChI=1S/C13H24O5/c1-13(2,3)18-12(15)6-4-5-10(14)11-9-16-7-8-17-11/h10-11,14H,4-9H2,1-3H3. The molecule has 1 rings (SSSR count). The van der Waals surface area contributed by atoms with Crippen molar-refractivity contribution in [2.45, 2.75) is 57.8 Å². The molecule has 1 fully saturated rings. The van der Waals surface area contributed by atoms with Gasteiger partial charge < -0.3 is 19.3 Å². The van der Waals surface area contributed by atoms with Gasteiger partial charge in [-0.15, -0.1) is 0 Å². The second-order valence-electron chi connectivity index (χ2n) is 5.53. The van der Waals surface area contributed by atoms with Crippen LogP contribution in [0.3, 0.4) is 0 Å². The van der Waals surface area contributed by atoms with Gasteiger partial charge >= 0.3 is 5.97 Å².